The number of nitrogens with zero attached hydrogens (tertiary/aromatic N) is 3. The van der Waals surface area contributed by atoms with Gasteiger partial charge < -0.3 is 19.5 Å². The van der Waals surface area contributed by atoms with Gasteiger partial charge in [0.25, 0.3) is 0 Å². The van der Waals surface area contributed by atoms with Crippen molar-refractivity contribution in [2.24, 2.45) is 5.41 Å². The Morgan fingerprint density at radius 3 is 2.52 bits per heavy atom. The van der Waals surface area contributed by atoms with E-state index in [-0.39, 0.29) is 30.4 Å². The minimum atomic E-state index is -0.924. The van der Waals surface area contributed by atoms with Gasteiger partial charge in [0, 0.05) is 47.9 Å². The number of aryl methyl sites for hydroxylation is 1. The van der Waals surface area contributed by atoms with Gasteiger partial charge in [-0.05, 0) is 45.1 Å². The van der Waals surface area contributed by atoms with Gasteiger partial charge >= 0.3 is 5.97 Å². The maximum absolute atomic E-state index is 14.8. The number of aliphatic carboxylic acids is 1. The van der Waals surface area contributed by atoms with Crippen LogP contribution in [0.25, 0.3) is 11.1 Å². The van der Waals surface area contributed by atoms with Crippen molar-refractivity contribution >= 4 is 11.7 Å². The number of rotatable bonds is 9. The number of carboxylic acids is 1. The molecule has 33 heavy (non-hydrogen) atoms. The lowest BCUT2D eigenvalue weighted by Gasteiger charge is -2.40. The summed E-state index contributed by atoms with van der Waals surface area (Å²) in [7, 11) is 0. The highest BCUT2D eigenvalue weighted by Gasteiger charge is 2.29. The highest BCUT2D eigenvalue weighted by Crippen LogP contribution is 2.40. The molecule has 2 aromatic rings. The topological polar surface area (TPSA) is 84.8 Å². The van der Waals surface area contributed by atoms with Crippen molar-refractivity contribution in [3.8, 4) is 17.0 Å². The van der Waals surface area contributed by atoms with E-state index >= 15 is 0 Å². The molecule has 0 saturated carbocycles. The molecular formula is C25H34FN3O4. The summed E-state index contributed by atoms with van der Waals surface area (Å²) in [6.45, 7) is 12.3. The molecule has 1 fully saturated rings. The number of aromatic nitrogens is 2. The van der Waals surface area contributed by atoms with Gasteiger partial charge in [-0.1, -0.05) is 13.8 Å². The van der Waals surface area contributed by atoms with E-state index in [0.29, 0.717) is 29.0 Å². The summed E-state index contributed by atoms with van der Waals surface area (Å²) < 4.78 is 25.7. The van der Waals surface area contributed by atoms with E-state index in [1.165, 1.54) is 6.07 Å². The van der Waals surface area contributed by atoms with Crippen LogP contribution >= 0.6 is 0 Å². The van der Waals surface area contributed by atoms with E-state index in [0.717, 1.165) is 31.6 Å². The predicted molar refractivity (Wildman–Crippen MR) is 125 cm³/mol. The first-order valence-electron chi connectivity index (χ1n) is 11.4. The molecule has 0 atom stereocenters. The number of carboxylic acid groups (broad SMARTS) is 1. The van der Waals surface area contributed by atoms with Gasteiger partial charge in [-0.3, -0.25) is 9.78 Å². The van der Waals surface area contributed by atoms with Crippen LogP contribution in [0.15, 0.2) is 18.5 Å². The van der Waals surface area contributed by atoms with Gasteiger partial charge in [0.05, 0.1) is 24.8 Å². The first kappa shape index (κ1) is 24.9. The normalized spacial score (nSPS) is 15.7. The number of piperidine rings is 1. The molecule has 1 saturated heterocycles. The third-order valence-electron chi connectivity index (χ3n) is 6.02. The van der Waals surface area contributed by atoms with Crippen LogP contribution in [0.1, 0.15) is 51.8 Å². The Morgan fingerprint density at radius 1 is 1.21 bits per heavy atom. The van der Waals surface area contributed by atoms with E-state index in [1.807, 2.05) is 20.8 Å². The molecule has 1 aliphatic heterocycles. The number of carbonyl (C=O) groups is 1. The fourth-order valence-corrected chi connectivity index (χ4v) is 4.01. The monoisotopic (exact) mass is 459 g/mol. The third-order valence-corrected chi connectivity index (χ3v) is 6.02. The van der Waals surface area contributed by atoms with E-state index in [1.54, 1.807) is 12.4 Å². The lowest BCUT2D eigenvalue weighted by molar-refractivity contribution is -0.136. The number of ether oxygens (including phenoxy) is 2. The highest BCUT2D eigenvalue weighted by molar-refractivity contribution is 5.84. The van der Waals surface area contributed by atoms with E-state index in [9.17, 15) is 14.3 Å². The van der Waals surface area contributed by atoms with Crippen LogP contribution in [0.2, 0.25) is 0 Å². The smallest absolute Gasteiger partial charge is 0.307 e. The molecule has 8 heteroatoms. The second-order valence-corrected chi connectivity index (χ2v) is 9.59. The summed E-state index contributed by atoms with van der Waals surface area (Å²) in [5.41, 5.74) is 3.58. The Labute approximate surface area is 195 Å². The molecule has 0 spiro atoms. The molecule has 7 nitrogen and oxygen atoms in total. The zero-order chi connectivity index (χ0) is 24.2. The number of hydrogen-bond donors (Lipinski definition) is 1. The minimum absolute atomic E-state index is 0.0709. The maximum Gasteiger partial charge on any atom is 0.307 e. The molecule has 0 amide bonds. The molecule has 3 heterocycles. The van der Waals surface area contributed by atoms with Crippen LogP contribution in [-0.4, -0.2) is 53.5 Å². The van der Waals surface area contributed by atoms with Gasteiger partial charge in [0.1, 0.15) is 6.61 Å². The van der Waals surface area contributed by atoms with Crippen molar-refractivity contribution in [1.29, 1.82) is 0 Å². The lowest BCUT2D eigenvalue weighted by atomic mass is 9.82. The van der Waals surface area contributed by atoms with Crippen molar-refractivity contribution in [2.45, 2.75) is 60.0 Å². The van der Waals surface area contributed by atoms with E-state index < -0.39 is 11.8 Å². The molecule has 2 aromatic heterocycles. The molecular weight excluding hydrogens is 425 g/mol. The lowest BCUT2D eigenvalue weighted by Crippen LogP contribution is -2.38. The van der Waals surface area contributed by atoms with Crippen LogP contribution in [0.5, 0.6) is 5.88 Å². The zero-order valence-corrected chi connectivity index (χ0v) is 20.2. The zero-order valence-electron chi connectivity index (χ0n) is 20.2. The molecule has 0 bridgehead atoms. The average Bonchev–Trinajstić information content (AvgIpc) is 2.73. The van der Waals surface area contributed by atoms with Gasteiger partial charge in [0.15, 0.2) is 5.82 Å². The molecule has 180 valence electrons. The Bertz CT molecular complexity index is 984. The van der Waals surface area contributed by atoms with Crippen molar-refractivity contribution in [2.75, 3.05) is 31.2 Å². The Balaban J connectivity index is 1.95. The van der Waals surface area contributed by atoms with Crippen LogP contribution in [0.3, 0.4) is 0 Å². The molecule has 0 unspecified atom stereocenters. The average molecular weight is 460 g/mol. The molecule has 0 aromatic carbocycles. The number of halogens is 1. The number of hydrogen-bond acceptors (Lipinski definition) is 6. The molecule has 1 N–H and O–H groups in total. The fourth-order valence-electron chi connectivity index (χ4n) is 4.01. The third kappa shape index (κ3) is 6.41. The van der Waals surface area contributed by atoms with Gasteiger partial charge in [-0.2, -0.15) is 0 Å². The summed E-state index contributed by atoms with van der Waals surface area (Å²) >= 11 is 0. The minimum Gasteiger partial charge on any atom is -0.481 e. The fraction of sp³-hybridized carbons (Fsp3) is 0.560. The second kappa shape index (κ2) is 10.5. The maximum atomic E-state index is 14.8. The van der Waals surface area contributed by atoms with Crippen molar-refractivity contribution in [3.05, 3.63) is 35.5 Å². The van der Waals surface area contributed by atoms with Crippen molar-refractivity contribution in [3.63, 3.8) is 0 Å². The number of anilines is 1. The van der Waals surface area contributed by atoms with Crippen molar-refractivity contribution < 1.29 is 23.8 Å². The van der Waals surface area contributed by atoms with Crippen LogP contribution in [0, 0.1) is 18.2 Å². The van der Waals surface area contributed by atoms with Gasteiger partial charge in [0.2, 0.25) is 5.88 Å². The first-order valence-corrected chi connectivity index (χ1v) is 11.4. The summed E-state index contributed by atoms with van der Waals surface area (Å²) in [5, 5.41) is 9.53. The van der Waals surface area contributed by atoms with Crippen LogP contribution in [0.4, 0.5) is 10.1 Å². The van der Waals surface area contributed by atoms with Crippen molar-refractivity contribution in [1.82, 2.24) is 9.97 Å². The largest absolute Gasteiger partial charge is 0.481 e. The molecule has 3 rings (SSSR count). The van der Waals surface area contributed by atoms with Gasteiger partial charge in [-0.25, -0.2) is 9.37 Å². The predicted octanol–water partition coefficient (Wildman–Crippen LogP) is 4.65. The second-order valence-electron chi connectivity index (χ2n) is 9.59. The molecule has 0 radical (unpaired) electrons. The van der Waals surface area contributed by atoms with Crippen LogP contribution < -0.4 is 9.64 Å². The van der Waals surface area contributed by atoms with Crippen LogP contribution in [-0.2, 0) is 16.0 Å². The summed E-state index contributed by atoms with van der Waals surface area (Å²) in [6, 6.07) is 1.37. The summed E-state index contributed by atoms with van der Waals surface area (Å²) in [4.78, 5) is 22.4. The quantitative estimate of drug-likeness (QED) is 0.547. The summed E-state index contributed by atoms with van der Waals surface area (Å²) in [6.07, 6.45) is 5.13. The molecule has 0 aliphatic carbocycles. The standard InChI is InChI=1S/C25H34FN3O4/c1-16(2)32-10-11-33-24-21(26)12-18(14-28-24)20-15-27-17(3)19(13-22(30)31)23(20)29-8-6-25(4,5)7-9-29/h12,14-16H,6-11,13H2,1-5H3,(H,30,31). The first-order chi connectivity index (χ1) is 15.6. The Hall–Kier alpha value is -2.74. The van der Waals surface area contributed by atoms with E-state index in [2.05, 4.69) is 28.7 Å². The Morgan fingerprint density at radius 2 is 1.91 bits per heavy atom. The molecule has 1 aliphatic rings. The highest BCUT2D eigenvalue weighted by atomic mass is 19.1. The van der Waals surface area contributed by atoms with E-state index in [4.69, 9.17) is 9.47 Å². The van der Waals surface area contributed by atoms with Gasteiger partial charge in [-0.15, -0.1) is 0 Å². The summed E-state index contributed by atoms with van der Waals surface area (Å²) in [5.74, 6) is -1.59. The Kier molecular flexibility index (Phi) is 7.89. The number of pyridine rings is 2. The SMILES string of the molecule is Cc1ncc(-c2cnc(OCCOC(C)C)c(F)c2)c(N2CCC(C)(C)CC2)c1CC(=O)O.